The second-order valence-corrected chi connectivity index (χ2v) is 4.72. The van der Waals surface area contributed by atoms with Crippen molar-refractivity contribution in [3.05, 3.63) is 24.3 Å². The maximum Gasteiger partial charge on any atom is 0.241 e. The predicted molar refractivity (Wildman–Crippen MR) is 56.7 cm³/mol. The molecule has 0 saturated heterocycles. The van der Waals surface area contributed by atoms with Crippen LogP contribution in [0, 0.1) is 12.3 Å². The van der Waals surface area contributed by atoms with E-state index in [2.05, 4.69) is 10.6 Å². The molecule has 80 valence electrons. The van der Waals surface area contributed by atoms with Crippen LogP contribution in [0.3, 0.4) is 0 Å². The molecule has 5 heteroatoms. The lowest BCUT2D eigenvalue weighted by Crippen LogP contribution is -2.31. The van der Waals surface area contributed by atoms with Crippen molar-refractivity contribution in [3.63, 3.8) is 0 Å². The molecule has 0 bridgehead atoms. The summed E-state index contributed by atoms with van der Waals surface area (Å²) < 4.78 is 25.5. The first kappa shape index (κ1) is 11.6. The van der Waals surface area contributed by atoms with Gasteiger partial charge in [0.05, 0.1) is 10.9 Å². The molecule has 0 fully saturated rings. The van der Waals surface area contributed by atoms with Crippen molar-refractivity contribution >= 4 is 10.0 Å². The van der Waals surface area contributed by atoms with Crippen molar-refractivity contribution in [2.45, 2.75) is 17.9 Å². The summed E-state index contributed by atoms with van der Waals surface area (Å²) in [7, 11) is -3.59. The number of phenolic OH excluding ortho intramolecular Hbond substituents is 1. The summed E-state index contributed by atoms with van der Waals surface area (Å²) in [4.78, 5) is 0.0717. The van der Waals surface area contributed by atoms with Crippen LogP contribution in [0.25, 0.3) is 0 Å². The van der Waals surface area contributed by atoms with E-state index >= 15 is 0 Å². The Balaban J connectivity index is 2.98. The molecule has 0 aromatic heterocycles. The molecule has 0 aliphatic carbocycles. The number of sulfonamides is 1. The van der Waals surface area contributed by atoms with Crippen LogP contribution in [0.1, 0.15) is 6.92 Å². The molecule has 0 amide bonds. The van der Waals surface area contributed by atoms with E-state index in [0.717, 1.165) is 0 Å². The maximum atomic E-state index is 11.6. The second-order valence-electron chi connectivity index (χ2n) is 3.00. The van der Waals surface area contributed by atoms with E-state index in [1.807, 2.05) is 0 Å². The highest BCUT2D eigenvalue weighted by Gasteiger charge is 2.15. The number of terminal acetylenes is 1. The SMILES string of the molecule is C#CC(C)NS(=O)(=O)c1ccc(O)cc1. The summed E-state index contributed by atoms with van der Waals surface area (Å²) in [6.45, 7) is 1.57. The van der Waals surface area contributed by atoms with Gasteiger partial charge in [-0.3, -0.25) is 0 Å². The molecule has 1 unspecified atom stereocenters. The summed E-state index contributed by atoms with van der Waals surface area (Å²) in [5.74, 6) is 2.28. The molecule has 1 rings (SSSR count). The standard InChI is InChI=1S/C10H11NO3S/c1-3-8(2)11-15(13,14)10-6-4-9(12)5-7-10/h1,4-8,11-12H,2H3. The van der Waals surface area contributed by atoms with Gasteiger partial charge in [0.15, 0.2) is 0 Å². The monoisotopic (exact) mass is 225 g/mol. The first-order valence-corrected chi connectivity index (χ1v) is 5.71. The molecular formula is C10H11NO3S. The molecule has 15 heavy (non-hydrogen) atoms. The molecule has 4 nitrogen and oxygen atoms in total. The largest absolute Gasteiger partial charge is 0.508 e. The molecule has 0 aliphatic heterocycles. The molecule has 1 atom stereocenters. The van der Waals surface area contributed by atoms with E-state index in [4.69, 9.17) is 11.5 Å². The van der Waals surface area contributed by atoms with E-state index in [1.54, 1.807) is 6.92 Å². The zero-order valence-corrected chi connectivity index (χ0v) is 8.95. The fraction of sp³-hybridized carbons (Fsp3) is 0.200. The highest BCUT2D eigenvalue weighted by molar-refractivity contribution is 7.89. The summed E-state index contributed by atoms with van der Waals surface area (Å²) in [5, 5.41) is 9.00. The Morgan fingerprint density at radius 1 is 1.40 bits per heavy atom. The van der Waals surface area contributed by atoms with Crippen LogP contribution in [0.5, 0.6) is 5.75 Å². The van der Waals surface area contributed by atoms with E-state index in [1.165, 1.54) is 24.3 Å². The summed E-state index contributed by atoms with van der Waals surface area (Å²) >= 11 is 0. The average Bonchev–Trinajstić information content (AvgIpc) is 2.17. The third-order valence-corrected chi connectivity index (χ3v) is 3.29. The van der Waals surface area contributed by atoms with Crippen LogP contribution >= 0.6 is 0 Å². The van der Waals surface area contributed by atoms with Crippen molar-refractivity contribution in [1.29, 1.82) is 0 Å². The van der Waals surface area contributed by atoms with E-state index in [-0.39, 0.29) is 10.6 Å². The molecular weight excluding hydrogens is 214 g/mol. The third-order valence-electron chi connectivity index (χ3n) is 1.73. The Labute approximate surface area is 89.0 Å². The minimum Gasteiger partial charge on any atom is -0.508 e. The Morgan fingerprint density at radius 2 is 1.93 bits per heavy atom. The Hall–Kier alpha value is -1.51. The average molecular weight is 225 g/mol. The van der Waals surface area contributed by atoms with Gasteiger partial charge < -0.3 is 5.11 Å². The zero-order chi connectivity index (χ0) is 11.5. The van der Waals surface area contributed by atoms with E-state index in [0.29, 0.717) is 0 Å². The van der Waals surface area contributed by atoms with Gasteiger partial charge in [-0.05, 0) is 31.2 Å². The third kappa shape index (κ3) is 2.98. The first-order valence-electron chi connectivity index (χ1n) is 4.23. The number of rotatable bonds is 3. The van der Waals surface area contributed by atoms with Gasteiger partial charge in [-0.15, -0.1) is 6.42 Å². The van der Waals surface area contributed by atoms with Gasteiger partial charge in [0, 0.05) is 0 Å². The van der Waals surface area contributed by atoms with Crippen LogP contribution in [-0.4, -0.2) is 19.6 Å². The van der Waals surface area contributed by atoms with Gasteiger partial charge in [-0.1, -0.05) is 5.92 Å². The first-order chi connectivity index (χ1) is 6.95. The van der Waals surface area contributed by atoms with Crippen LogP contribution in [0.2, 0.25) is 0 Å². The summed E-state index contributed by atoms with van der Waals surface area (Å²) in [6, 6.07) is 4.65. The molecule has 2 N–H and O–H groups in total. The summed E-state index contributed by atoms with van der Waals surface area (Å²) in [6.07, 6.45) is 5.06. The molecule has 0 radical (unpaired) electrons. The summed E-state index contributed by atoms with van der Waals surface area (Å²) in [5.41, 5.74) is 0. The van der Waals surface area contributed by atoms with Gasteiger partial charge >= 0.3 is 0 Å². The van der Waals surface area contributed by atoms with Gasteiger partial charge in [0.25, 0.3) is 0 Å². The van der Waals surface area contributed by atoms with Crippen molar-refractivity contribution in [2.75, 3.05) is 0 Å². The van der Waals surface area contributed by atoms with Gasteiger partial charge in [0.2, 0.25) is 10.0 Å². The number of hydrogen-bond donors (Lipinski definition) is 2. The molecule has 0 saturated carbocycles. The lowest BCUT2D eigenvalue weighted by atomic mass is 10.3. The zero-order valence-electron chi connectivity index (χ0n) is 8.14. The van der Waals surface area contributed by atoms with Crippen LogP contribution in [0.4, 0.5) is 0 Å². The minimum atomic E-state index is -3.59. The highest BCUT2D eigenvalue weighted by Crippen LogP contribution is 2.14. The van der Waals surface area contributed by atoms with Crippen molar-refractivity contribution in [1.82, 2.24) is 4.72 Å². The Bertz CT molecular complexity index is 470. The second kappa shape index (κ2) is 4.34. The van der Waals surface area contributed by atoms with Gasteiger partial charge in [-0.25, -0.2) is 8.42 Å². The number of nitrogens with one attached hydrogen (secondary N) is 1. The number of benzene rings is 1. The molecule has 0 aliphatic rings. The molecule has 1 aromatic rings. The maximum absolute atomic E-state index is 11.6. The van der Waals surface area contributed by atoms with E-state index < -0.39 is 16.1 Å². The Kier molecular flexibility index (Phi) is 3.35. The fourth-order valence-electron chi connectivity index (χ4n) is 0.960. The number of aromatic hydroxyl groups is 1. The Morgan fingerprint density at radius 3 is 2.40 bits per heavy atom. The van der Waals surface area contributed by atoms with Gasteiger partial charge in [-0.2, -0.15) is 4.72 Å². The van der Waals surface area contributed by atoms with Crippen molar-refractivity contribution in [2.24, 2.45) is 0 Å². The topological polar surface area (TPSA) is 66.4 Å². The van der Waals surface area contributed by atoms with Crippen molar-refractivity contribution < 1.29 is 13.5 Å². The van der Waals surface area contributed by atoms with Crippen molar-refractivity contribution in [3.8, 4) is 18.1 Å². The number of phenols is 1. The predicted octanol–water partition coefficient (Wildman–Crippen LogP) is 0.692. The fourth-order valence-corrected chi connectivity index (χ4v) is 2.12. The quantitative estimate of drug-likeness (QED) is 0.744. The van der Waals surface area contributed by atoms with E-state index in [9.17, 15) is 8.42 Å². The van der Waals surface area contributed by atoms with Crippen LogP contribution in [0.15, 0.2) is 29.2 Å². The molecule has 1 aromatic carbocycles. The lowest BCUT2D eigenvalue weighted by Gasteiger charge is -2.08. The lowest BCUT2D eigenvalue weighted by molar-refractivity contribution is 0.474. The smallest absolute Gasteiger partial charge is 0.241 e. The normalized spacial score (nSPS) is 13.1. The number of hydrogen-bond acceptors (Lipinski definition) is 3. The minimum absolute atomic E-state index is 0.0129. The van der Waals surface area contributed by atoms with Gasteiger partial charge in [0.1, 0.15) is 5.75 Å². The van der Waals surface area contributed by atoms with Crippen LogP contribution in [-0.2, 0) is 10.0 Å². The molecule has 0 heterocycles. The molecule has 0 spiro atoms. The highest BCUT2D eigenvalue weighted by atomic mass is 32.2. The van der Waals surface area contributed by atoms with Crippen LogP contribution < -0.4 is 4.72 Å².